The molecule has 0 unspecified atom stereocenters. The predicted molar refractivity (Wildman–Crippen MR) is 78.5 cm³/mol. The summed E-state index contributed by atoms with van der Waals surface area (Å²) >= 11 is 5.99. The van der Waals surface area contributed by atoms with Crippen molar-refractivity contribution in [2.45, 2.75) is 12.6 Å². The molecule has 1 aromatic carbocycles. The zero-order valence-corrected chi connectivity index (χ0v) is 12.1. The quantitative estimate of drug-likeness (QED) is 0.844. The van der Waals surface area contributed by atoms with Gasteiger partial charge in [0.2, 0.25) is 0 Å². The van der Waals surface area contributed by atoms with Crippen LogP contribution in [-0.2, 0) is 4.79 Å². The largest absolute Gasteiger partial charge is 0.471 e. The molecule has 0 spiro atoms. The van der Waals surface area contributed by atoms with Gasteiger partial charge in [-0.25, -0.2) is 0 Å². The molecule has 0 aliphatic carbocycles. The normalized spacial score (nSPS) is 16.0. The summed E-state index contributed by atoms with van der Waals surface area (Å²) in [5.74, 6) is -1.79. The number of H-pyrrole nitrogens is 1. The highest BCUT2D eigenvalue weighted by molar-refractivity contribution is 6.31. The van der Waals surface area contributed by atoms with E-state index < -0.39 is 12.1 Å². The highest BCUT2D eigenvalue weighted by atomic mass is 35.5. The molecule has 116 valence electrons. The molecule has 1 aromatic heterocycles. The van der Waals surface area contributed by atoms with Gasteiger partial charge in [-0.2, -0.15) is 13.2 Å². The zero-order valence-electron chi connectivity index (χ0n) is 11.4. The molecular formula is C15H12ClF3N2O. The van der Waals surface area contributed by atoms with Crippen LogP contribution in [0.1, 0.15) is 12.0 Å². The summed E-state index contributed by atoms with van der Waals surface area (Å²) in [6.07, 6.45) is -0.967. The molecule has 0 atom stereocenters. The minimum Gasteiger partial charge on any atom is -0.361 e. The first kappa shape index (κ1) is 15.0. The molecule has 22 heavy (non-hydrogen) atoms. The molecule has 1 aliphatic rings. The minimum absolute atomic E-state index is 0.0408. The Hall–Kier alpha value is -1.95. The van der Waals surface area contributed by atoms with E-state index >= 15 is 0 Å². The van der Waals surface area contributed by atoms with Crippen molar-refractivity contribution in [3.63, 3.8) is 0 Å². The number of hydrogen-bond donors (Lipinski definition) is 1. The van der Waals surface area contributed by atoms with Crippen LogP contribution in [0, 0.1) is 0 Å². The molecule has 1 amide bonds. The van der Waals surface area contributed by atoms with Crippen LogP contribution in [-0.4, -0.2) is 35.1 Å². The predicted octanol–water partition coefficient (Wildman–Crippen LogP) is 4.00. The van der Waals surface area contributed by atoms with Crippen molar-refractivity contribution in [2.75, 3.05) is 13.1 Å². The van der Waals surface area contributed by atoms with Gasteiger partial charge < -0.3 is 9.88 Å². The Morgan fingerprint density at radius 3 is 2.73 bits per heavy atom. The van der Waals surface area contributed by atoms with Crippen LogP contribution >= 0.6 is 11.6 Å². The number of carbonyl (C=O) groups excluding carboxylic acids is 1. The van der Waals surface area contributed by atoms with Crippen molar-refractivity contribution in [1.29, 1.82) is 0 Å². The van der Waals surface area contributed by atoms with E-state index in [0.29, 0.717) is 11.4 Å². The number of halogens is 4. The van der Waals surface area contributed by atoms with Crippen molar-refractivity contribution in [3.05, 3.63) is 41.1 Å². The zero-order chi connectivity index (χ0) is 15.9. The molecule has 3 nitrogen and oxygen atoms in total. The average Bonchev–Trinajstić information content (AvgIpc) is 2.88. The first-order chi connectivity index (χ1) is 10.4. The molecule has 7 heteroatoms. The van der Waals surface area contributed by atoms with Crippen LogP contribution < -0.4 is 0 Å². The topological polar surface area (TPSA) is 36.1 Å². The van der Waals surface area contributed by atoms with Crippen molar-refractivity contribution >= 4 is 34.0 Å². The monoisotopic (exact) mass is 328 g/mol. The van der Waals surface area contributed by atoms with Crippen molar-refractivity contribution in [3.8, 4) is 0 Å². The summed E-state index contributed by atoms with van der Waals surface area (Å²) in [6, 6.07) is 5.43. The van der Waals surface area contributed by atoms with E-state index in [2.05, 4.69) is 4.98 Å². The van der Waals surface area contributed by atoms with Crippen LogP contribution in [0.5, 0.6) is 0 Å². The molecule has 3 rings (SSSR count). The first-order valence-corrected chi connectivity index (χ1v) is 7.06. The molecule has 0 radical (unpaired) electrons. The van der Waals surface area contributed by atoms with Crippen LogP contribution in [0.25, 0.3) is 16.5 Å². The number of nitrogens with zero attached hydrogens (tertiary/aromatic N) is 1. The van der Waals surface area contributed by atoms with Gasteiger partial charge in [0.25, 0.3) is 0 Å². The highest BCUT2D eigenvalue weighted by Gasteiger charge is 2.42. The smallest absolute Gasteiger partial charge is 0.361 e. The molecule has 2 heterocycles. The number of alkyl halides is 3. The van der Waals surface area contributed by atoms with Gasteiger partial charge in [-0.05, 0) is 30.2 Å². The van der Waals surface area contributed by atoms with Crippen LogP contribution in [0.4, 0.5) is 13.2 Å². The van der Waals surface area contributed by atoms with Crippen molar-refractivity contribution < 1.29 is 18.0 Å². The fraction of sp³-hybridized carbons (Fsp3) is 0.267. The Morgan fingerprint density at radius 1 is 1.32 bits per heavy atom. The average molecular weight is 329 g/mol. The van der Waals surface area contributed by atoms with Gasteiger partial charge in [0.15, 0.2) is 0 Å². The summed E-state index contributed by atoms with van der Waals surface area (Å²) in [6.45, 7) is 0.0122. The lowest BCUT2D eigenvalue weighted by atomic mass is 9.99. The lowest BCUT2D eigenvalue weighted by Gasteiger charge is -2.27. The Kier molecular flexibility index (Phi) is 3.64. The number of amides is 1. The number of benzene rings is 1. The Labute approximate surface area is 129 Å². The molecule has 0 saturated carbocycles. The summed E-state index contributed by atoms with van der Waals surface area (Å²) < 4.78 is 37.3. The van der Waals surface area contributed by atoms with Crippen LogP contribution in [0.2, 0.25) is 5.02 Å². The maximum atomic E-state index is 12.4. The van der Waals surface area contributed by atoms with E-state index in [0.717, 1.165) is 26.9 Å². The molecule has 1 aliphatic heterocycles. The number of nitrogens with one attached hydrogen (secondary N) is 1. The van der Waals surface area contributed by atoms with E-state index in [-0.39, 0.29) is 13.1 Å². The maximum absolute atomic E-state index is 12.4. The summed E-state index contributed by atoms with van der Waals surface area (Å²) in [4.78, 5) is 15.1. The molecular weight excluding hydrogens is 317 g/mol. The van der Waals surface area contributed by atoms with Crippen molar-refractivity contribution in [1.82, 2.24) is 9.88 Å². The minimum atomic E-state index is -4.82. The third-order valence-electron chi connectivity index (χ3n) is 3.73. The van der Waals surface area contributed by atoms with E-state index in [1.165, 1.54) is 0 Å². The lowest BCUT2D eigenvalue weighted by Crippen LogP contribution is -2.43. The second-order valence-corrected chi connectivity index (χ2v) is 5.56. The van der Waals surface area contributed by atoms with Crippen LogP contribution in [0.3, 0.4) is 0 Å². The Bertz CT molecular complexity index is 764. The van der Waals surface area contributed by atoms with Gasteiger partial charge >= 0.3 is 12.1 Å². The number of aromatic nitrogens is 1. The van der Waals surface area contributed by atoms with E-state index in [9.17, 15) is 18.0 Å². The number of hydrogen-bond acceptors (Lipinski definition) is 1. The van der Waals surface area contributed by atoms with Gasteiger partial charge in [-0.3, -0.25) is 4.79 Å². The molecule has 1 N–H and O–H groups in total. The van der Waals surface area contributed by atoms with Gasteiger partial charge in [0, 0.05) is 40.8 Å². The molecule has 0 saturated heterocycles. The number of carbonyl (C=O) groups is 1. The standard InChI is InChI=1S/C15H12ClF3N2O/c16-10-1-2-13-11(7-10)12(8-20-13)9-3-5-21(6-4-9)14(22)15(17,18)19/h1-3,7-8,20H,4-6H2. The van der Waals surface area contributed by atoms with Gasteiger partial charge in [-0.1, -0.05) is 17.7 Å². The third kappa shape index (κ3) is 2.70. The summed E-state index contributed by atoms with van der Waals surface area (Å²) in [5, 5.41) is 1.52. The molecule has 0 fully saturated rings. The van der Waals surface area contributed by atoms with Crippen molar-refractivity contribution in [2.24, 2.45) is 0 Å². The first-order valence-electron chi connectivity index (χ1n) is 6.68. The van der Waals surface area contributed by atoms with Gasteiger partial charge in [-0.15, -0.1) is 0 Å². The molecule has 0 bridgehead atoms. The number of aromatic amines is 1. The van der Waals surface area contributed by atoms with E-state index in [4.69, 9.17) is 11.6 Å². The number of fused-ring (bicyclic) bond motifs is 1. The molecule has 2 aromatic rings. The lowest BCUT2D eigenvalue weighted by molar-refractivity contribution is -0.185. The maximum Gasteiger partial charge on any atom is 0.471 e. The van der Waals surface area contributed by atoms with Crippen LogP contribution in [0.15, 0.2) is 30.5 Å². The summed E-state index contributed by atoms with van der Waals surface area (Å²) in [5.41, 5.74) is 2.74. The Balaban J connectivity index is 1.86. The Morgan fingerprint density at radius 2 is 2.09 bits per heavy atom. The second kappa shape index (κ2) is 5.35. The fourth-order valence-corrected chi connectivity index (χ4v) is 2.81. The summed E-state index contributed by atoms with van der Waals surface area (Å²) in [7, 11) is 0. The fourth-order valence-electron chi connectivity index (χ4n) is 2.64. The third-order valence-corrected chi connectivity index (χ3v) is 3.96. The van der Waals surface area contributed by atoms with Gasteiger partial charge in [0.05, 0.1) is 0 Å². The van der Waals surface area contributed by atoms with E-state index in [1.54, 1.807) is 12.1 Å². The SMILES string of the molecule is O=C(N1CC=C(c2c[nH]c3ccc(Cl)cc23)CC1)C(F)(F)F. The van der Waals surface area contributed by atoms with E-state index in [1.807, 2.05) is 18.3 Å². The number of rotatable bonds is 1. The highest BCUT2D eigenvalue weighted by Crippen LogP contribution is 2.31. The van der Waals surface area contributed by atoms with Gasteiger partial charge in [0.1, 0.15) is 0 Å². The second-order valence-electron chi connectivity index (χ2n) is 5.12.